The zero-order valence-corrected chi connectivity index (χ0v) is 21.1. The van der Waals surface area contributed by atoms with Gasteiger partial charge in [0.1, 0.15) is 0 Å². The van der Waals surface area contributed by atoms with Crippen LogP contribution in [-0.4, -0.2) is 31.3 Å². The number of carbonyl (C=O) groups excluding carboxylic acids is 3. The van der Waals surface area contributed by atoms with Gasteiger partial charge in [-0.2, -0.15) is 0 Å². The highest BCUT2D eigenvalue weighted by molar-refractivity contribution is 5.89. The van der Waals surface area contributed by atoms with Gasteiger partial charge in [0, 0.05) is 17.2 Å². The summed E-state index contributed by atoms with van der Waals surface area (Å²) in [5, 5.41) is 2.28. The van der Waals surface area contributed by atoms with E-state index in [0.29, 0.717) is 12.2 Å². The Hall–Kier alpha value is -4.45. The Morgan fingerprint density at radius 3 is 2.08 bits per heavy atom. The predicted molar refractivity (Wildman–Crippen MR) is 144 cm³/mol. The van der Waals surface area contributed by atoms with Gasteiger partial charge in [-0.05, 0) is 71.9 Å². The number of fused-ring (bicyclic) bond motifs is 1. The molecule has 0 radical (unpaired) electrons. The fraction of sp³-hybridized carbons (Fsp3) is 0.194. The van der Waals surface area contributed by atoms with Crippen molar-refractivity contribution < 1.29 is 28.6 Å². The third-order valence-corrected chi connectivity index (χ3v) is 5.49. The minimum atomic E-state index is -0.611. The molecule has 0 N–H and O–H groups in total. The maximum atomic E-state index is 11.8. The Labute approximate surface area is 216 Å². The van der Waals surface area contributed by atoms with E-state index < -0.39 is 18.7 Å². The smallest absolute Gasteiger partial charge is 0.335 e. The van der Waals surface area contributed by atoms with Gasteiger partial charge < -0.3 is 14.2 Å². The molecular weight excluding hydrogens is 468 g/mol. The largest absolute Gasteiger partial charge is 0.462 e. The first-order valence-corrected chi connectivity index (χ1v) is 11.9. The lowest BCUT2D eigenvalue weighted by Crippen LogP contribution is -2.11. The fourth-order valence-electron chi connectivity index (χ4n) is 3.46. The van der Waals surface area contributed by atoms with E-state index in [1.807, 2.05) is 24.3 Å². The Balaban J connectivity index is 1.55. The number of ether oxygens (including phenoxy) is 3. The lowest BCUT2D eigenvalue weighted by molar-refractivity contribution is -0.160. The molecule has 0 atom stereocenters. The van der Waals surface area contributed by atoms with Crippen molar-refractivity contribution in [2.24, 2.45) is 0 Å². The highest BCUT2D eigenvalue weighted by Crippen LogP contribution is 2.26. The van der Waals surface area contributed by atoms with E-state index in [4.69, 9.17) is 14.2 Å². The molecule has 37 heavy (non-hydrogen) atoms. The van der Waals surface area contributed by atoms with E-state index >= 15 is 0 Å². The third-order valence-electron chi connectivity index (χ3n) is 5.49. The summed E-state index contributed by atoms with van der Waals surface area (Å²) in [6.07, 6.45) is 4.49. The molecule has 190 valence electrons. The van der Waals surface area contributed by atoms with Crippen LogP contribution in [0.1, 0.15) is 31.4 Å². The number of rotatable bonds is 11. The molecule has 0 amide bonds. The molecule has 3 aromatic carbocycles. The Morgan fingerprint density at radius 1 is 0.757 bits per heavy atom. The van der Waals surface area contributed by atoms with Gasteiger partial charge in [0.2, 0.25) is 6.79 Å². The molecule has 3 aromatic rings. The quantitative estimate of drug-likeness (QED) is 0.136. The lowest BCUT2D eigenvalue weighted by Gasteiger charge is -2.08. The Morgan fingerprint density at radius 2 is 1.38 bits per heavy atom. The second-order valence-corrected chi connectivity index (χ2v) is 8.66. The molecule has 0 aliphatic rings. The monoisotopic (exact) mass is 498 g/mol. The first-order valence-electron chi connectivity index (χ1n) is 11.9. The summed E-state index contributed by atoms with van der Waals surface area (Å²) in [7, 11) is 0. The van der Waals surface area contributed by atoms with Crippen LogP contribution in [0.25, 0.3) is 28.0 Å². The van der Waals surface area contributed by atoms with Crippen molar-refractivity contribution >= 4 is 34.8 Å². The van der Waals surface area contributed by atoms with Gasteiger partial charge in [-0.1, -0.05) is 67.8 Å². The molecule has 6 nitrogen and oxygen atoms in total. The van der Waals surface area contributed by atoms with Crippen LogP contribution in [0.3, 0.4) is 0 Å². The van der Waals surface area contributed by atoms with E-state index in [1.165, 1.54) is 18.6 Å². The number of carbonyl (C=O) groups is 3. The van der Waals surface area contributed by atoms with Crippen molar-refractivity contribution in [3.63, 3.8) is 0 Å². The molecule has 0 aromatic heterocycles. The van der Waals surface area contributed by atoms with Gasteiger partial charge in [0.25, 0.3) is 0 Å². The zero-order valence-electron chi connectivity index (χ0n) is 21.1. The second-order valence-electron chi connectivity index (χ2n) is 8.66. The van der Waals surface area contributed by atoms with Gasteiger partial charge in [0.15, 0.2) is 0 Å². The van der Waals surface area contributed by atoms with Gasteiger partial charge in [-0.15, -0.1) is 0 Å². The van der Waals surface area contributed by atoms with Crippen molar-refractivity contribution in [1.82, 2.24) is 0 Å². The van der Waals surface area contributed by atoms with E-state index in [-0.39, 0.29) is 11.5 Å². The molecule has 0 spiro atoms. The first-order chi connectivity index (χ1) is 17.7. The van der Waals surface area contributed by atoms with Crippen molar-refractivity contribution in [3.05, 3.63) is 102 Å². The molecular formula is C31H30O6. The number of hydrogen-bond donors (Lipinski definition) is 0. The van der Waals surface area contributed by atoms with Crippen LogP contribution in [-0.2, 0) is 35.0 Å². The highest BCUT2D eigenvalue weighted by Gasteiger charge is 2.06. The third kappa shape index (κ3) is 8.32. The molecule has 0 saturated heterocycles. The molecule has 0 aliphatic heterocycles. The maximum absolute atomic E-state index is 11.8. The summed E-state index contributed by atoms with van der Waals surface area (Å²) < 4.78 is 14.7. The van der Waals surface area contributed by atoms with Crippen LogP contribution in [0.5, 0.6) is 0 Å². The summed E-state index contributed by atoms with van der Waals surface area (Å²) >= 11 is 0. The topological polar surface area (TPSA) is 78.9 Å². The maximum Gasteiger partial charge on any atom is 0.335 e. The summed E-state index contributed by atoms with van der Waals surface area (Å²) in [5.41, 5.74) is 4.80. The number of hydrogen-bond acceptors (Lipinski definition) is 6. The normalized spacial score (nSPS) is 10.8. The van der Waals surface area contributed by atoms with Gasteiger partial charge >= 0.3 is 17.9 Å². The predicted octanol–water partition coefficient (Wildman–Crippen LogP) is 6.19. The van der Waals surface area contributed by atoms with Crippen molar-refractivity contribution in [1.29, 1.82) is 0 Å². The zero-order chi connectivity index (χ0) is 26.8. The van der Waals surface area contributed by atoms with Gasteiger partial charge in [0.05, 0.1) is 6.61 Å². The minimum absolute atomic E-state index is 0.235. The van der Waals surface area contributed by atoms with Gasteiger partial charge in [-0.3, -0.25) is 0 Å². The number of esters is 3. The van der Waals surface area contributed by atoms with Crippen LogP contribution >= 0.6 is 0 Å². The van der Waals surface area contributed by atoms with Crippen LogP contribution in [0.4, 0.5) is 0 Å². The first kappa shape index (κ1) is 27.1. The number of benzene rings is 3. The second kappa shape index (κ2) is 13.0. The molecule has 0 saturated carbocycles. The summed E-state index contributed by atoms with van der Waals surface area (Å²) in [4.78, 5) is 34.5. The molecule has 0 fully saturated rings. The summed E-state index contributed by atoms with van der Waals surface area (Å²) in [5.74, 6) is -1.57. The van der Waals surface area contributed by atoms with Crippen molar-refractivity contribution in [2.75, 3.05) is 13.4 Å². The number of aryl methyl sites for hydroxylation is 1. The van der Waals surface area contributed by atoms with E-state index in [1.54, 1.807) is 13.0 Å². The van der Waals surface area contributed by atoms with E-state index in [2.05, 4.69) is 49.6 Å². The fourth-order valence-corrected chi connectivity index (χ4v) is 3.46. The van der Waals surface area contributed by atoms with E-state index in [9.17, 15) is 14.4 Å². The Bertz CT molecular complexity index is 1350. The average Bonchev–Trinajstić information content (AvgIpc) is 2.89. The molecule has 0 bridgehead atoms. The van der Waals surface area contributed by atoms with Crippen LogP contribution < -0.4 is 0 Å². The van der Waals surface area contributed by atoms with E-state index in [0.717, 1.165) is 40.3 Å². The molecule has 0 unspecified atom stereocenters. The lowest BCUT2D eigenvalue weighted by atomic mass is 9.98. The highest BCUT2D eigenvalue weighted by atomic mass is 16.7. The molecule has 0 aliphatic carbocycles. The van der Waals surface area contributed by atoms with Crippen molar-refractivity contribution in [2.45, 2.75) is 26.7 Å². The van der Waals surface area contributed by atoms with Crippen LogP contribution in [0, 0.1) is 0 Å². The van der Waals surface area contributed by atoms with Gasteiger partial charge in [-0.25, -0.2) is 14.4 Å². The summed E-state index contributed by atoms with van der Waals surface area (Å²) in [6.45, 7) is 10.1. The molecule has 6 heteroatoms. The Kier molecular flexibility index (Phi) is 9.55. The standard InChI is InChI=1S/C31H30O6/c1-21(2)30(33)35-17-5-6-24-9-13-28-19-27(15-14-26(28)18-24)25-11-7-23(8-12-25)10-16-29(32)36-20-37-31(34)22(3)4/h7-16,18-19H,1,3,5-6,17,20H2,2,4H3. The summed E-state index contributed by atoms with van der Waals surface area (Å²) in [6, 6.07) is 20.5. The molecule has 3 rings (SSSR count). The van der Waals surface area contributed by atoms with Crippen LogP contribution in [0.2, 0.25) is 0 Å². The SMILES string of the molecule is C=C(C)C(=O)OCCCc1ccc2cc(-c3ccc(C=CC(=O)OCOC(=O)C(=C)C)cc3)ccc2c1. The van der Waals surface area contributed by atoms with Crippen LogP contribution in [0.15, 0.2) is 91.0 Å². The average molecular weight is 499 g/mol. The van der Waals surface area contributed by atoms with Crippen molar-refractivity contribution in [3.8, 4) is 11.1 Å². The minimum Gasteiger partial charge on any atom is -0.462 e. The molecule has 0 heterocycles.